The maximum atomic E-state index is 5.46. The number of allylic oxidation sites excluding steroid dienone is 3. The molecule has 2 nitrogen and oxygen atoms in total. The molecule has 0 saturated carbocycles. The van der Waals surface area contributed by atoms with Gasteiger partial charge in [-0.15, -0.1) is 0 Å². The van der Waals surface area contributed by atoms with Crippen molar-refractivity contribution < 1.29 is 0 Å². The highest BCUT2D eigenvalue weighted by Gasteiger charge is 1.85. The molecule has 12 heavy (non-hydrogen) atoms. The van der Waals surface area contributed by atoms with E-state index in [9.17, 15) is 0 Å². The molecule has 0 aliphatic carbocycles. The topological polar surface area (TPSA) is 52.0 Å². The highest BCUT2D eigenvalue weighted by Crippen LogP contribution is 1.99. The first kappa shape index (κ1) is 11.0. The molecule has 0 fully saturated rings. The van der Waals surface area contributed by atoms with Crippen molar-refractivity contribution in [3.05, 3.63) is 36.1 Å². The van der Waals surface area contributed by atoms with Gasteiger partial charge in [-0.1, -0.05) is 24.8 Å². The minimum absolute atomic E-state index is 0.594. The molecule has 0 amide bonds. The summed E-state index contributed by atoms with van der Waals surface area (Å²) in [4.78, 5) is 0. The summed E-state index contributed by atoms with van der Waals surface area (Å²) in [5.74, 6) is 0. The van der Waals surface area contributed by atoms with Gasteiger partial charge in [-0.05, 0) is 25.3 Å². The number of nitrogens with two attached hydrogens (primary N) is 2. The van der Waals surface area contributed by atoms with Crippen LogP contribution in [0.2, 0.25) is 0 Å². The largest absolute Gasteiger partial charge is 0.403 e. The van der Waals surface area contributed by atoms with Crippen LogP contribution in [0.4, 0.5) is 0 Å². The van der Waals surface area contributed by atoms with E-state index < -0.39 is 0 Å². The van der Waals surface area contributed by atoms with Crippen molar-refractivity contribution >= 4 is 0 Å². The Morgan fingerprint density at radius 3 is 2.58 bits per heavy atom. The van der Waals surface area contributed by atoms with Crippen LogP contribution in [-0.4, -0.2) is 6.54 Å². The standard InChI is InChI=1S/C10H18N2/c1-3-10(8-11)7-5-4-6-9(2)12/h3,5,7H,2,4,6,8,11-12H2,1H3/b7-5-,10-3+. The minimum atomic E-state index is 0.594. The minimum Gasteiger partial charge on any atom is -0.403 e. The quantitative estimate of drug-likeness (QED) is 0.611. The third-order valence-corrected chi connectivity index (χ3v) is 1.57. The molecule has 68 valence electrons. The molecule has 0 rings (SSSR count). The van der Waals surface area contributed by atoms with Crippen LogP contribution in [0.25, 0.3) is 0 Å². The van der Waals surface area contributed by atoms with Crippen LogP contribution in [0.3, 0.4) is 0 Å². The molecule has 0 aromatic carbocycles. The van der Waals surface area contributed by atoms with E-state index in [2.05, 4.69) is 12.7 Å². The summed E-state index contributed by atoms with van der Waals surface area (Å²) < 4.78 is 0. The molecule has 0 spiro atoms. The maximum Gasteiger partial charge on any atom is 0.0174 e. The van der Waals surface area contributed by atoms with Gasteiger partial charge in [0.15, 0.2) is 0 Å². The Bertz CT molecular complexity index is 190. The van der Waals surface area contributed by atoms with Gasteiger partial charge >= 0.3 is 0 Å². The monoisotopic (exact) mass is 166 g/mol. The third kappa shape index (κ3) is 5.74. The molecule has 0 unspecified atom stereocenters. The molecule has 2 heteroatoms. The lowest BCUT2D eigenvalue weighted by Gasteiger charge is -1.95. The van der Waals surface area contributed by atoms with Gasteiger partial charge < -0.3 is 11.5 Å². The smallest absolute Gasteiger partial charge is 0.0174 e. The van der Waals surface area contributed by atoms with E-state index in [0.717, 1.165) is 24.1 Å². The Labute approximate surface area is 74.6 Å². The summed E-state index contributed by atoms with van der Waals surface area (Å²) in [6, 6.07) is 0. The second kappa shape index (κ2) is 6.68. The van der Waals surface area contributed by atoms with Crippen molar-refractivity contribution in [2.75, 3.05) is 6.54 Å². The van der Waals surface area contributed by atoms with Gasteiger partial charge in [-0.3, -0.25) is 0 Å². The first-order chi connectivity index (χ1) is 5.70. The van der Waals surface area contributed by atoms with Crippen LogP contribution in [-0.2, 0) is 0 Å². The second-order valence-corrected chi connectivity index (χ2v) is 2.67. The van der Waals surface area contributed by atoms with Gasteiger partial charge in [0.25, 0.3) is 0 Å². The lowest BCUT2D eigenvalue weighted by Crippen LogP contribution is -2.00. The van der Waals surface area contributed by atoms with Gasteiger partial charge in [0.1, 0.15) is 0 Å². The second-order valence-electron chi connectivity index (χ2n) is 2.67. The average Bonchev–Trinajstić information content (AvgIpc) is 2.04. The van der Waals surface area contributed by atoms with Gasteiger partial charge in [0.05, 0.1) is 0 Å². The highest BCUT2D eigenvalue weighted by atomic mass is 14.5. The lowest BCUT2D eigenvalue weighted by atomic mass is 10.2. The molecule has 0 aliphatic heterocycles. The van der Waals surface area contributed by atoms with Crippen molar-refractivity contribution in [1.29, 1.82) is 0 Å². The normalized spacial score (nSPS) is 12.3. The van der Waals surface area contributed by atoms with Crippen LogP contribution >= 0.6 is 0 Å². The van der Waals surface area contributed by atoms with Gasteiger partial charge in [0, 0.05) is 12.2 Å². The molecule has 0 saturated heterocycles. The Balaban J connectivity index is 3.68. The summed E-state index contributed by atoms with van der Waals surface area (Å²) in [5.41, 5.74) is 12.8. The van der Waals surface area contributed by atoms with Gasteiger partial charge in [-0.2, -0.15) is 0 Å². The molecular weight excluding hydrogens is 148 g/mol. The van der Waals surface area contributed by atoms with Crippen molar-refractivity contribution in [2.45, 2.75) is 19.8 Å². The van der Waals surface area contributed by atoms with Crippen molar-refractivity contribution in [3.8, 4) is 0 Å². The Hall–Kier alpha value is -1.02. The molecular formula is C10H18N2. The third-order valence-electron chi connectivity index (χ3n) is 1.57. The predicted octanol–water partition coefficient (Wildman–Crippen LogP) is 1.70. The molecule has 0 atom stereocenters. The van der Waals surface area contributed by atoms with Crippen LogP contribution in [0.15, 0.2) is 36.1 Å². The summed E-state index contributed by atoms with van der Waals surface area (Å²) in [5, 5.41) is 0. The van der Waals surface area contributed by atoms with E-state index in [-0.39, 0.29) is 0 Å². The summed E-state index contributed by atoms with van der Waals surface area (Å²) in [6.07, 6.45) is 7.89. The summed E-state index contributed by atoms with van der Waals surface area (Å²) in [6.45, 7) is 6.19. The van der Waals surface area contributed by atoms with Gasteiger partial charge in [-0.25, -0.2) is 0 Å². The SMILES string of the molecule is C=C(N)CC/C=C\C(=C/C)CN. The zero-order valence-corrected chi connectivity index (χ0v) is 7.72. The van der Waals surface area contributed by atoms with Gasteiger partial charge in [0.2, 0.25) is 0 Å². The maximum absolute atomic E-state index is 5.46. The Morgan fingerprint density at radius 1 is 1.50 bits per heavy atom. The average molecular weight is 166 g/mol. The molecule has 0 heterocycles. The van der Waals surface area contributed by atoms with Crippen LogP contribution in [0.1, 0.15) is 19.8 Å². The zero-order chi connectivity index (χ0) is 9.40. The van der Waals surface area contributed by atoms with E-state index in [1.54, 1.807) is 0 Å². The van der Waals surface area contributed by atoms with Crippen molar-refractivity contribution in [3.63, 3.8) is 0 Å². The van der Waals surface area contributed by atoms with E-state index in [1.165, 1.54) is 0 Å². The van der Waals surface area contributed by atoms with E-state index >= 15 is 0 Å². The van der Waals surface area contributed by atoms with Crippen molar-refractivity contribution in [2.24, 2.45) is 11.5 Å². The zero-order valence-electron chi connectivity index (χ0n) is 7.72. The molecule has 0 aliphatic rings. The molecule has 4 N–H and O–H groups in total. The fourth-order valence-corrected chi connectivity index (χ4v) is 0.786. The Kier molecular flexibility index (Phi) is 6.11. The number of hydrogen-bond donors (Lipinski definition) is 2. The van der Waals surface area contributed by atoms with Crippen molar-refractivity contribution in [1.82, 2.24) is 0 Å². The number of rotatable bonds is 5. The molecule has 0 aromatic rings. The van der Waals surface area contributed by atoms with Crippen LogP contribution in [0.5, 0.6) is 0 Å². The Morgan fingerprint density at radius 2 is 2.17 bits per heavy atom. The van der Waals surface area contributed by atoms with E-state index in [1.807, 2.05) is 19.1 Å². The fourth-order valence-electron chi connectivity index (χ4n) is 0.786. The van der Waals surface area contributed by atoms with Crippen LogP contribution in [0, 0.1) is 0 Å². The fraction of sp³-hybridized carbons (Fsp3) is 0.400. The van der Waals surface area contributed by atoms with E-state index in [0.29, 0.717) is 6.54 Å². The first-order valence-corrected chi connectivity index (χ1v) is 4.15. The first-order valence-electron chi connectivity index (χ1n) is 4.15. The van der Waals surface area contributed by atoms with Crippen LogP contribution < -0.4 is 11.5 Å². The molecule has 0 radical (unpaired) electrons. The van der Waals surface area contributed by atoms with E-state index in [4.69, 9.17) is 11.5 Å². The predicted molar refractivity (Wildman–Crippen MR) is 54.5 cm³/mol. The summed E-state index contributed by atoms with van der Waals surface area (Å²) >= 11 is 0. The summed E-state index contributed by atoms with van der Waals surface area (Å²) in [7, 11) is 0. The lowest BCUT2D eigenvalue weighted by molar-refractivity contribution is 0.964. The molecule has 0 aromatic heterocycles. The number of hydrogen-bond acceptors (Lipinski definition) is 2. The molecule has 0 bridgehead atoms. The highest BCUT2D eigenvalue weighted by molar-refractivity contribution is 5.18.